The Hall–Kier alpha value is -0.340. The van der Waals surface area contributed by atoms with Crippen LogP contribution in [0.2, 0.25) is 0 Å². The summed E-state index contributed by atoms with van der Waals surface area (Å²) in [5, 5.41) is 3.81. The van der Waals surface area contributed by atoms with E-state index in [1.807, 2.05) is 0 Å². The van der Waals surface area contributed by atoms with E-state index in [-0.39, 0.29) is 0 Å². The van der Waals surface area contributed by atoms with Gasteiger partial charge in [-0.1, -0.05) is 54.9 Å². The van der Waals surface area contributed by atoms with Crippen molar-refractivity contribution >= 4 is 15.9 Å². The van der Waals surface area contributed by atoms with Gasteiger partial charge >= 0.3 is 0 Å². The summed E-state index contributed by atoms with van der Waals surface area (Å²) < 4.78 is 1.20. The van der Waals surface area contributed by atoms with Gasteiger partial charge in [0.25, 0.3) is 0 Å². The Balaban J connectivity index is 2.04. The first kappa shape index (κ1) is 14.1. The molecular formula is C16H24BrN. The monoisotopic (exact) mass is 309 g/mol. The topological polar surface area (TPSA) is 12.0 Å². The van der Waals surface area contributed by atoms with Crippen LogP contribution < -0.4 is 5.32 Å². The largest absolute Gasteiger partial charge is 0.307 e. The van der Waals surface area contributed by atoms with Crippen LogP contribution in [-0.2, 0) is 0 Å². The molecule has 1 fully saturated rings. The van der Waals surface area contributed by atoms with E-state index in [2.05, 4.69) is 73.2 Å². The van der Waals surface area contributed by atoms with Crippen molar-refractivity contribution in [1.82, 2.24) is 5.32 Å². The van der Waals surface area contributed by atoms with Crippen LogP contribution in [0.1, 0.15) is 52.1 Å². The molecule has 0 aliphatic heterocycles. The SMILES string of the molecule is CC1CC(C)(C)CC1N[C@H](C)c1ccccc1Br. The lowest BCUT2D eigenvalue weighted by Gasteiger charge is -2.24. The van der Waals surface area contributed by atoms with Crippen LogP contribution in [0, 0.1) is 11.3 Å². The maximum Gasteiger partial charge on any atom is 0.0305 e. The summed E-state index contributed by atoms with van der Waals surface area (Å²) >= 11 is 3.64. The first-order chi connectivity index (χ1) is 8.39. The molecule has 0 saturated heterocycles. The van der Waals surface area contributed by atoms with Crippen LogP contribution in [0.25, 0.3) is 0 Å². The van der Waals surface area contributed by atoms with E-state index in [9.17, 15) is 0 Å². The van der Waals surface area contributed by atoms with E-state index < -0.39 is 0 Å². The molecule has 0 heterocycles. The second-order valence-electron chi connectivity index (χ2n) is 6.57. The minimum absolute atomic E-state index is 0.405. The molecule has 2 unspecified atom stereocenters. The van der Waals surface area contributed by atoms with Crippen LogP contribution in [-0.4, -0.2) is 6.04 Å². The Morgan fingerprint density at radius 3 is 2.50 bits per heavy atom. The number of hydrogen-bond donors (Lipinski definition) is 1. The molecule has 1 N–H and O–H groups in total. The number of benzene rings is 1. The van der Waals surface area contributed by atoms with Crippen molar-refractivity contribution in [3.05, 3.63) is 34.3 Å². The molecule has 0 radical (unpaired) electrons. The van der Waals surface area contributed by atoms with Crippen LogP contribution >= 0.6 is 15.9 Å². The summed E-state index contributed by atoms with van der Waals surface area (Å²) in [6, 6.07) is 9.55. The fourth-order valence-electron chi connectivity index (χ4n) is 3.35. The van der Waals surface area contributed by atoms with Gasteiger partial charge in [0.2, 0.25) is 0 Å². The van der Waals surface area contributed by atoms with Gasteiger partial charge in [-0.2, -0.15) is 0 Å². The van der Waals surface area contributed by atoms with Gasteiger partial charge in [0, 0.05) is 16.6 Å². The number of rotatable bonds is 3. The molecule has 1 saturated carbocycles. The first-order valence-corrected chi connectivity index (χ1v) is 7.69. The summed E-state index contributed by atoms with van der Waals surface area (Å²) in [4.78, 5) is 0. The molecule has 1 aliphatic carbocycles. The predicted molar refractivity (Wildman–Crippen MR) is 81.7 cm³/mol. The highest BCUT2D eigenvalue weighted by molar-refractivity contribution is 9.10. The molecule has 1 nitrogen and oxygen atoms in total. The van der Waals surface area contributed by atoms with E-state index in [4.69, 9.17) is 0 Å². The Bertz CT molecular complexity index is 413. The molecule has 1 aliphatic rings. The summed E-state index contributed by atoms with van der Waals surface area (Å²) in [5.74, 6) is 0.768. The van der Waals surface area contributed by atoms with E-state index >= 15 is 0 Å². The molecule has 0 spiro atoms. The average Bonchev–Trinajstić information content (AvgIpc) is 2.52. The number of halogens is 1. The Labute approximate surface area is 119 Å². The standard InChI is InChI=1S/C16H24BrN/c1-11-9-16(3,4)10-15(11)18-12(2)13-7-5-6-8-14(13)17/h5-8,11-12,15,18H,9-10H2,1-4H3/t11?,12-,15?/m1/s1. The quantitative estimate of drug-likeness (QED) is 0.835. The predicted octanol–water partition coefficient (Wildman–Crippen LogP) is 4.92. The van der Waals surface area contributed by atoms with Crippen molar-refractivity contribution < 1.29 is 0 Å². The number of hydrogen-bond acceptors (Lipinski definition) is 1. The van der Waals surface area contributed by atoms with Crippen LogP contribution in [0.4, 0.5) is 0 Å². The smallest absolute Gasteiger partial charge is 0.0305 e. The van der Waals surface area contributed by atoms with Crippen molar-refractivity contribution in [2.75, 3.05) is 0 Å². The zero-order valence-corrected chi connectivity index (χ0v) is 13.4. The van der Waals surface area contributed by atoms with Crippen molar-refractivity contribution in [2.45, 2.75) is 52.6 Å². The van der Waals surface area contributed by atoms with E-state index in [0.717, 1.165) is 5.92 Å². The van der Waals surface area contributed by atoms with Crippen LogP contribution in [0.3, 0.4) is 0 Å². The molecule has 0 bridgehead atoms. The fraction of sp³-hybridized carbons (Fsp3) is 0.625. The lowest BCUT2D eigenvalue weighted by molar-refractivity contribution is 0.356. The second-order valence-corrected chi connectivity index (χ2v) is 7.42. The van der Waals surface area contributed by atoms with Gasteiger partial charge in [-0.3, -0.25) is 0 Å². The maximum atomic E-state index is 3.81. The van der Waals surface area contributed by atoms with Gasteiger partial charge in [0.05, 0.1) is 0 Å². The fourth-order valence-corrected chi connectivity index (χ4v) is 3.98. The van der Waals surface area contributed by atoms with E-state index in [0.29, 0.717) is 17.5 Å². The lowest BCUT2D eigenvalue weighted by Crippen LogP contribution is -2.33. The third-order valence-electron chi connectivity index (χ3n) is 4.17. The van der Waals surface area contributed by atoms with Gasteiger partial charge in [-0.05, 0) is 42.7 Å². The minimum Gasteiger partial charge on any atom is -0.307 e. The van der Waals surface area contributed by atoms with Crippen molar-refractivity contribution in [3.63, 3.8) is 0 Å². The maximum absolute atomic E-state index is 3.81. The summed E-state index contributed by atoms with van der Waals surface area (Å²) in [7, 11) is 0. The van der Waals surface area contributed by atoms with Crippen molar-refractivity contribution in [3.8, 4) is 0 Å². The minimum atomic E-state index is 0.405. The molecule has 0 aromatic heterocycles. The Morgan fingerprint density at radius 1 is 1.28 bits per heavy atom. The summed E-state index contributed by atoms with van der Waals surface area (Å²) in [6.07, 6.45) is 2.61. The van der Waals surface area contributed by atoms with Crippen LogP contribution in [0.15, 0.2) is 28.7 Å². The molecule has 100 valence electrons. The summed E-state index contributed by atoms with van der Waals surface area (Å²) in [6.45, 7) is 9.40. The third kappa shape index (κ3) is 3.16. The van der Waals surface area contributed by atoms with Crippen LogP contribution in [0.5, 0.6) is 0 Å². The normalized spacial score (nSPS) is 28.3. The van der Waals surface area contributed by atoms with Gasteiger partial charge in [-0.25, -0.2) is 0 Å². The molecule has 2 rings (SSSR count). The Morgan fingerprint density at radius 2 is 1.94 bits per heavy atom. The summed E-state index contributed by atoms with van der Waals surface area (Å²) in [5.41, 5.74) is 1.85. The van der Waals surface area contributed by atoms with Crippen molar-refractivity contribution in [1.29, 1.82) is 0 Å². The zero-order chi connectivity index (χ0) is 13.3. The highest BCUT2D eigenvalue weighted by atomic mass is 79.9. The number of nitrogens with one attached hydrogen (secondary N) is 1. The zero-order valence-electron chi connectivity index (χ0n) is 11.8. The highest BCUT2D eigenvalue weighted by Crippen LogP contribution is 2.41. The average molecular weight is 310 g/mol. The van der Waals surface area contributed by atoms with Gasteiger partial charge < -0.3 is 5.32 Å². The second kappa shape index (κ2) is 5.34. The molecule has 0 amide bonds. The molecule has 1 aromatic carbocycles. The first-order valence-electron chi connectivity index (χ1n) is 6.89. The third-order valence-corrected chi connectivity index (χ3v) is 4.89. The van der Waals surface area contributed by atoms with Gasteiger partial charge in [0.1, 0.15) is 0 Å². The lowest BCUT2D eigenvalue weighted by atomic mass is 9.91. The van der Waals surface area contributed by atoms with Crippen molar-refractivity contribution in [2.24, 2.45) is 11.3 Å². The van der Waals surface area contributed by atoms with Gasteiger partial charge in [0.15, 0.2) is 0 Å². The Kier molecular flexibility index (Phi) is 4.18. The highest BCUT2D eigenvalue weighted by Gasteiger charge is 2.37. The molecule has 2 heteroatoms. The molecule has 3 atom stereocenters. The van der Waals surface area contributed by atoms with E-state index in [1.54, 1.807) is 0 Å². The van der Waals surface area contributed by atoms with E-state index in [1.165, 1.54) is 22.9 Å². The molecule has 18 heavy (non-hydrogen) atoms. The molecule has 1 aromatic rings. The molecular weight excluding hydrogens is 286 g/mol. The van der Waals surface area contributed by atoms with Gasteiger partial charge in [-0.15, -0.1) is 0 Å².